The van der Waals surface area contributed by atoms with Gasteiger partial charge in [-0.1, -0.05) is 18.9 Å². The Balaban J connectivity index is 1.62. The summed E-state index contributed by atoms with van der Waals surface area (Å²) in [7, 11) is 0. The standard InChI is InChI=1S/C17H27N3O/c1-13(18)16-7-6-15(12-17(16)21)20-10-8-19(9-11-20)14-4-2-3-5-14/h6-7,12-14,21H,2-5,8-11,18H2,1H3. The first-order chi connectivity index (χ1) is 10.1. The molecule has 1 saturated carbocycles. The fourth-order valence-electron chi connectivity index (χ4n) is 3.73. The van der Waals surface area contributed by atoms with Crippen LogP contribution < -0.4 is 10.6 Å². The van der Waals surface area contributed by atoms with Gasteiger partial charge in [0.05, 0.1) is 0 Å². The summed E-state index contributed by atoms with van der Waals surface area (Å²) in [5, 5.41) is 10.1. The van der Waals surface area contributed by atoms with Crippen LogP contribution in [0, 0.1) is 0 Å². The van der Waals surface area contributed by atoms with Crippen LogP contribution in [0.15, 0.2) is 18.2 Å². The molecule has 0 aromatic heterocycles. The van der Waals surface area contributed by atoms with Crippen LogP contribution in [-0.2, 0) is 0 Å². The van der Waals surface area contributed by atoms with Crippen LogP contribution in [-0.4, -0.2) is 42.2 Å². The minimum Gasteiger partial charge on any atom is -0.508 e. The molecule has 4 heteroatoms. The Kier molecular flexibility index (Phi) is 4.36. The van der Waals surface area contributed by atoms with E-state index in [4.69, 9.17) is 5.73 Å². The van der Waals surface area contributed by atoms with Gasteiger partial charge in [0.2, 0.25) is 0 Å². The molecule has 2 fully saturated rings. The molecule has 4 nitrogen and oxygen atoms in total. The predicted molar refractivity (Wildman–Crippen MR) is 86.8 cm³/mol. The molecule has 1 unspecified atom stereocenters. The summed E-state index contributed by atoms with van der Waals surface area (Å²) in [4.78, 5) is 5.02. The summed E-state index contributed by atoms with van der Waals surface area (Å²) in [6.45, 7) is 6.27. The smallest absolute Gasteiger partial charge is 0.122 e. The number of nitrogens with two attached hydrogens (primary N) is 1. The normalized spacial score (nSPS) is 22.7. The number of phenolic OH excluding ortho intramolecular Hbond substituents is 1. The third-order valence-corrected chi connectivity index (χ3v) is 5.03. The average molecular weight is 289 g/mol. The highest BCUT2D eigenvalue weighted by molar-refractivity contribution is 5.54. The molecular weight excluding hydrogens is 262 g/mol. The predicted octanol–water partition coefficient (Wildman–Crippen LogP) is 2.48. The van der Waals surface area contributed by atoms with Gasteiger partial charge in [0.1, 0.15) is 5.75 Å². The maximum absolute atomic E-state index is 10.1. The number of anilines is 1. The zero-order valence-corrected chi connectivity index (χ0v) is 13.0. The number of phenols is 1. The first-order valence-electron chi connectivity index (χ1n) is 8.22. The molecule has 1 aliphatic carbocycles. The van der Waals surface area contributed by atoms with E-state index in [1.54, 1.807) is 0 Å². The third kappa shape index (κ3) is 3.16. The van der Waals surface area contributed by atoms with E-state index >= 15 is 0 Å². The second kappa shape index (κ2) is 6.24. The van der Waals surface area contributed by atoms with Gasteiger partial charge in [-0.3, -0.25) is 4.90 Å². The molecule has 3 N–H and O–H groups in total. The number of hydrogen-bond acceptors (Lipinski definition) is 4. The fraction of sp³-hybridized carbons (Fsp3) is 0.647. The van der Waals surface area contributed by atoms with Crippen molar-refractivity contribution in [3.8, 4) is 5.75 Å². The Labute approximate surface area is 127 Å². The molecule has 116 valence electrons. The number of aromatic hydroxyl groups is 1. The maximum atomic E-state index is 10.1. The number of hydrogen-bond donors (Lipinski definition) is 2. The van der Waals surface area contributed by atoms with Crippen molar-refractivity contribution in [3.63, 3.8) is 0 Å². The van der Waals surface area contributed by atoms with Crippen molar-refractivity contribution in [2.24, 2.45) is 5.73 Å². The molecule has 3 rings (SSSR count). The van der Waals surface area contributed by atoms with Crippen molar-refractivity contribution < 1.29 is 5.11 Å². The molecule has 1 heterocycles. The van der Waals surface area contributed by atoms with E-state index < -0.39 is 0 Å². The summed E-state index contributed by atoms with van der Waals surface area (Å²) < 4.78 is 0. The van der Waals surface area contributed by atoms with Crippen molar-refractivity contribution >= 4 is 5.69 Å². The topological polar surface area (TPSA) is 52.7 Å². The van der Waals surface area contributed by atoms with Gasteiger partial charge in [-0.05, 0) is 25.8 Å². The van der Waals surface area contributed by atoms with Crippen LogP contribution in [0.25, 0.3) is 0 Å². The van der Waals surface area contributed by atoms with Crippen LogP contribution in [0.2, 0.25) is 0 Å². The number of nitrogens with zero attached hydrogens (tertiary/aromatic N) is 2. The van der Waals surface area contributed by atoms with Gasteiger partial charge in [-0.15, -0.1) is 0 Å². The Morgan fingerprint density at radius 1 is 1.14 bits per heavy atom. The Bertz CT molecular complexity index is 475. The first kappa shape index (κ1) is 14.7. The molecule has 2 aliphatic rings. The van der Waals surface area contributed by atoms with Gasteiger partial charge in [0.25, 0.3) is 0 Å². The molecule has 0 radical (unpaired) electrons. The minimum absolute atomic E-state index is 0.127. The lowest BCUT2D eigenvalue weighted by molar-refractivity contribution is 0.187. The van der Waals surface area contributed by atoms with Crippen molar-refractivity contribution in [3.05, 3.63) is 23.8 Å². The Hall–Kier alpha value is -1.26. The van der Waals surface area contributed by atoms with Crippen LogP contribution in [0.3, 0.4) is 0 Å². The van der Waals surface area contributed by atoms with Gasteiger partial charge in [-0.25, -0.2) is 0 Å². The molecule has 0 bridgehead atoms. The van der Waals surface area contributed by atoms with E-state index in [9.17, 15) is 5.11 Å². The van der Waals surface area contributed by atoms with E-state index in [1.165, 1.54) is 25.7 Å². The summed E-state index contributed by atoms with van der Waals surface area (Å²) in [6, 6.07) is 6.60. The van der Waals surface area contributed by atoms with Gasteiger partial charge in [0.15, 0.2) is 0 Å². The molecule has 1 saturated heterocycles. The Morgan fingerprint density at radius 2 is 1.81 bits per heavy atom. The highest BCUT2D eigenvalue weighted by Gasteiger charge is 2.26. The third-order valence-electron chi connectivity index (χ3n) is 5.03. The van der Waals surface area contributed by atoms with E-state index in [0.29, 0.717) is 5.75 Å². The molecule has 1 atom stereocenters. The van der Waals surface area contributed by atoms with Crippen molar-refractivity contribution in [2.75, 3.05) is 31.1 Å². The fourth-order valence-corrected chi connectivity index (χ4v) is 3.73. The lowest BCUT2D eigenvalue weighted by Gasteiger charge is -2.39. The molecule has 1 aromatic carbocycles. The largest absolute Gasteiger partial charge is 0.508 e. The van der Waals surface area contributed by atoms with Crippen LogP contribution in [0.5, 0.6) is 5.75 Å². The zero-order chi connectivity index (χ0) is 14.8. The SMILES string of the molecule is CC(N)c1ccc(N2CCN(C3CCCC3)CC2)cc1O. The summed E-state index contributed by atoms with van der Waals surface area (Å²) in [6.07, 6.45) is 5.56. The van der Waals surface area contributed by atoms with Gasteiger partial charge in [-0.2, -0.15) is 0 Å². The maximum Gasteiger partial charge on any atom is 0.122 e. The Morgan fingerprint density at radius 3 is 2.38 bits per heavy atom. The minimum atomic E-state index is -0.127. The van der Waals surface area contributed by atoms with E-state index in [-0.39, 0.29) is 6.04 Å². The second-order valence-corrected chi connectivity index (χ2v) is 6.49. The van der Waals surface area contributed by atoms with Crippen molar-refractivity contribution in [2.45, 2.75) is 44.7 Å². The average Bonchev–Trinajstić information content (AvgIpc) is 3.01. The lowest BCUT2D eigenvalue weighted by Crippen LogP contribution is -2.49. The molecule has 0 spiro atoms. The molecular formula is C17H27N3O. The van der Waals surface area contributed by atoms with Gasteiger partial charge in [0, 0.05) is 55.6 Å². The van der Waals surface area contributed by atoms with Crippen LogP contribution in [0.4, 0.5) is 5.69 Å². The first-order valence-corrected chi connectivity index (χ1v) is 8.22. The summed E-state index contributed by atoms with van der Waals surface area (Å²) in [5.74, 6) is 0.320. The quantitative estimate of drug-likeness (QED) is 0.897. The highest BCUT2D eigenvalue weighted by Crippen LogP contribution is 2.30. The van der Waals surface area contributed by atoms with Crippen LogP contribution >= 0.6 is 0 Å². The summed E-state index contributed by atoms with van der Waals surface area (Å²) >= 11 is 0. The monoisotopic (exact) mass is 289 g/mol. The van der Waals surface area contributed by atoms with Crippen molar-refractivity contribution in [1.82, 2.24) is 4.90 Å². The van der Waals surface area contributed by atoms with E-state index in [1.807, 2.05) is 19.1 Å². The van der Waals surface area contributed by atoms with E-state index in [0.717, 1.165) is 43.5 Å². The highest BCUT2D eigenvalue weighted by atomic mass is 16.3. The summed E-state index contributed by atoms with van der Waals surface area (Å²) in [5.41, 5.74) is 7.79. The second-order valence-electron chi connectivity index (χ2n) is 6.49. The molecule has 0 amide bonds. The van der Waals surface area contributed by atoms with Crippen LogP contribution in [0.1, 0.15) is 44.2 Å². The zero-order valence-electron chi connectivity index (χ0n) is 13.0. The number of rotatable bonds is 3. The molecule has 21 heavy (non-hydrogen) atoms. The van der Waals surface area contributed by atoms with Crippen molar-refractivity contribution in [1.29, 1.82) is 0 Å². The van der Waals surface area contributed by atoms with E-state index in [2.05, 4.69) is 15.9 Å². The molecule has 1 aliphatic heterocycles. The number of benzene rings is 1. The lowest BCUT2D eigenvalue weighted by atomic mass is 10.1. The molecule has 1 aromatic rings. The van der Waals surface area contributed by atoms with Gasteiger partial charge < -0.3 is 15.7 Å². The van der Waals surface area contributed by atoms with Gasteiger partial charge >= 0.3 is 0 Å². The number of piperazine rings is 1.